The fourth-order valence-corrected chi connectivity index (χ4v) is 6.58. The lowest BCUT2D eigenvalue weighted by Crippen LogP contribution is -2.67. The van der Waals surface area contributed by atoms with Crippen molar-refractivity contribution in [2.45, 2.75) is 51.0 Å². The summed E-state index contributed by atoms with van der Waals surface area (Å²) in [7, 11) is 5.30. The summed E-state index contributed by atoms with van der Waals surface area (Å²) in [5.41, 5.74) is 0.482. The zero-order chi connectivity index (χ0) is 33.8. The smallest absolute Gasteiger partial charge is 0.361 e. The van der Waals surface area contributed by atoms with Crippen molar-refractivity contribution < 1.29 is 22.8 Å². The summed E-state index contributed by atoms with van der Waals surface area (Å²) in [6.45, 7) is 2.32. The molecule has 16 heteroatoms. The molecule has 47 heavy (non-hydrogen) atoms. The van der Waals surface area contributed by atoms with E-state index in [2.05, 4.69) is 20.4 Å². The summed E-state index contributed by atoms with van der Waals surface area (Å²) in [4.78, 5) is 55.9. The predicted octanol–water partition coefficient (Wildman–Crippen LogP) is 3.96. The average molecular weight is 672 g/mol. The summed E-state index contributed by atoms with van der Waals surface area (Å²) < 4.78 is 42.7. The molecule has 6 rings (SSSR count). The van der Waals surface area contributed by atoms with Gasteiger partial charge in [0.2, 0.25) is 11.3 Å². The number of nitrogens with zero attached hydrogens (tertiary/aromatic N) is 8. The standard InChI is InChI=1S/C31H33ClF3N9O3/c1-5-21-27(42-10-11-43(23-9-8-22(23)42)30(47)17-13-37-41(4)15-17)28(46)26-29(36-14-24(39-26)40(2)3)44(21)16-25(45)38-20-7-6-18(12-19(20)32)31(33,34)35/h6-7,12-15,22-23H,5,8-11,16H2,1-4H3,(H,38,45)/t22-,23-/m0/s1. The Labute approximate surface area is 272 Å². The number of hydrogen-bond donors (Lipinski definition) is 1. The highest BCUT2D eigenvalue weighted by Gasteiger charge is 2.46. The van der Waals surface area contributed by atoms with Gasteiger partial charge in [-0.1, -0.05) is 18.5 Å². The predicted molar refractivity (Wildman–Crippen MR) is 171 cm³/mol. The van der Waals surface area contributed by atoms with Gasteiger partial charge >= 0.3 is 6.18 Å². The largest absolute Gasteiger partial charge is 0.416 e. The number of piperazine rings is 1. The number of halogens is 4. The number of hydrogen-bond acceptors (Lipinski definition) is 8. The number of aryl methyl sites for hydroxylation is 1. The van der Waals surface area contributed by atoms with E-state index in [-0.39, 0.29) is 51.8 Å². The molecule has 3 aromatic heterocycles. The molecule has 1 saturated heterocycles. The number of aromatic nitrogens is 5. The van der Waals surface area contributed by atoms with Gasteiger partial charge in [-0.2, -0.15) is 18.3 Å². The number of alkyl halides is 3. The third kappa shape index (κ3) is 5.88. The zero-order valence-corrected chi connectivity index (χ0v) is 26.9. The first-order valence-electron chi connectivity index (χ1n) is 15.1. The quantitative estimate of drug-likeness (QED) is 0.314. The van der Waals surface area contributed by atoms with Crippen LogP contribution in [0.2, 0.25) is 5.02 Å². The monoisotopic (exact) mass is 671 g/mol. The second-order valence-electron chi connectivity index (χ2n) is 11.9. The maximum atomic E-state index is 14.3. The van der Waals surface area contributed by atoms with E-state index in [9.17, 15) is 27.6 Å². The van der Waals surface area contributed by atoms with Crippen molar-refractivity contribution in [1.82, 2.24) is 29.2 Å². The summed E-state index contributed by atoms with van der Waals surface area (Å²) in [6.07, 6.45) is 2.04. The highest BCUT2D eigenvalue weighted by atomic mass is 35.5. The molecule has 2 atom stereocenters. The molecule has 12 nitrogen and oxygen atoms in total. The number of fused-ring (bicyclic) bond motifs is 2. The Balaban J connectivity index is 1.38. The van der Waals surface area contributed by atoms with Crippen LogP contribution in [0.25, 0.3) is 11.2 Å². The molecule has 0 radical (unpaired) electrons. The molecule has 1 N–H and O–H groups in total. The number of nitrogens with one attached hydrogen (secondary N) is 1. The molecular weight excluding hydrogens is 639 g/mol. The maximum absolute atomic E-state index is 14.3. The van der Waals surface area contributed by atoms with Crippen LogP contribution in [0.5, 0.6) is 0 Å². The average Bonchev–Trinajstić information content (AvgIpc) is 3.44. The van der Waals surface area contributed by atoms with Crippen LogP contribution in [-0.4, -0.2) is 80.3 Å². The molecular formula is C31H33ClF3N9O3. The van der Waals surface area contributed by atoms with E-state index < -0.39 is 17.6 Å². The molecule has 4 heterocycles. The number of carbonyl (C=O) groups is 2. The van der Waals surface area contributed by atoms with Crippen molar-refractivity contribution in [3.05, 3.63) is 68.9 Å². The first-order chi connectivity index (χ1) is 22.3. The van der Waals surface area contributed by atoms with E-state index in [0.717, 1.165) is 31.0 Å². The highest BCUT2D eigenvalue weighted by Crippen LogP contribution is 2.38. The molecule has 1 aliphatic carbocycles. The number of anilines is 3. The number of pyridine rings is 1. The molecule has 1 aliphatic heterocycles. The Bertz CT molecular complexity index is 1940. The SMILES string of the molecule is CCc1c(N2CCN(C(=O)c3cnn(C)c3)[C@H]3CC[C@@H]32)c(=O)c2nc(N(C)C)cnc2n1CC(=O)Nc1ccc(C(F)(F)F)cc1Cl. The minimum Gasteiger partial charge on any atom is -0.361 e. The van der Waals surface area contributed by atoms with E-state index in [1.807, 2.05) is 16.7 Å². The van der Waals surface area contributed by atoms with Gasteiger partial charge in [0.05, 0.1) is 40.3 Å². The Morgan fingerprint density at radius 1 is 1.13 bits per heavy atom. The third-order valence-corrected chi connectivity index (χ3v) is 9.09. The van der Waals surface area contributed by atoms with Crippen molar-refractivity contribution in [2.75, 3.05) is 42.3 Å². The normalized spacial score (nSPS) is 17.8. The van der Waals surface area contributed by atoms with Gasteiger partial charge in [0.25, 0.3) is 5.91 Å². The van der Waals surface area contributed by atoms with Crippen LogP contribution in [-0.2, 0) is 31.0 Å². The Hall–Kier alpha value is -4.66. The van der Waals surface area contributed by atoms with Gasteiger partial charge in [0.1, 0.15) is 18.1 Å². The number of amides is 2. The van der Waals surface area contributed by atoms with Crippen LogP contribution in [0.4, 0.5) is 30.4 Å². The molecule has 0 spiro atoms. The van der Waals surface area contributed by atoms with Gasteiger partial charge in [-0.3, -0.25) is 19.1 Å². The van der Waals surface area contributed by atoms with Crippen LogP contribution in [0, 0.1) is 0 Å². The molecule has 2 aliphatic rings. The lowest BCUT2D eigenvalue weighted by molar-refractivity contribution is -0.137. The fraction of sp³-hybridized carbons (Fsp3) is 0.419. The van der Waals surface area contributed by atoms with Crippen molar-refractivity contribution in [3.63, 3.8) is 0 Å². The molecule has 0 bridgehead atoms. The Kier molecular flexibility index (Phi) is 8.36. The van der Waals surface area contributed by atoms with Crippen molar-refractivity contribution in [1.29, 1.82) is 0 Å². The van der Waals surface area contributed by atoms with Gasteiger partial charge in [-0.25, -0.2) is 9.97 Å². The van der Waals surface area contributed by atoms with Gasteiger partial charge in [0, 0.05) is 52.2 Å². The van der Waals surface area contributed by atoms with Crippen LogP contribution < -0.4 is 20.5 Å². The van der Waals surface area contributed by atoms with E-state index in [1.54, 1.807) is 47.7 Å². The van der Waals surface area contributed by atoms with E-state index >= 15 is 0 Å². The molecule has 1 aromatic carbocycles. The number of rotatable bonds is 7. The van der Waals surface area contributed by atoms with Crippen molar-refractivity contribution in [2.24, 2.45) is 7.05 Å². The molecule has 0 unspecified atom stereocenters. The van der Waals surface area contributed by atoms with Gasteiger partial charge in [-0.05, 0) is 37.5 Å². The molecule has 2 fully saturated rings. The van der Waals surface area contributed by atoms with E-state index in [0.29, 0.717) is 42.3 Å². The Morgan fingerprint density at radius 2 is 1.87 bits per heavy atom. The van der Waals surface area contributed by atoms with E-state index in [4.69, 9.17) is 11.6 Å². The second-order valence-corrected chi connectivity index (χ2v) is 12.3. The Morgan fingerprint density at radius 3 is 2.47 bits per heavy atom. The number of benzene rings is 1. The topological polar surface area (TPSA) is 121 Å². The first kappa shape index (κ1) is 32.3. The van der Waals surface area contributed by atoms with Crippen molar-refractivity contribution >= 4 is 51.8 Å². The fourth-order valence-electron chi connectivity index (χ4n) is 6.35. The second kappa shape index (κ2) is 12.2. The van der Waals surface area contributed by atoms with Crippen LogP contribution >= 0.6 is 11.6 Å². The summed E-state index contributed by atoms with van der Waals surface area (Å²) in [5.74, 6) is -0.242. The van der Waals surface area contributed by atoms with Gasteiger partial charge < -0.3 is 24.6 Å². The van der Waals surface area contributed by atoms with Crippen molar-refractivity contribution in [3.8, 4) is 0 Å². The highest BCUT2D eigenvalue weighted by molar-refractivity contribution is 6.33. The van der Waals surface area contributed by atoms with Gasteiger partial charge in [-0.15, -0.1) is 0 Å². The third-order valence-electron chi connectivity index (χ3n) is 8.78. The molecule has 1 saturated carbocycles. The minimum atomic E-state index is -4.59. The van der Waals surface area contributed by atoms with Crippen LogP contribution in [0.15, 0.2) is 41.6 Å². The van der Waals surface area contributed by atoms with E-state index in [1.165, 1.54) is 6.20 Å². The minimum absolute atomic E-state index is 0.0148. The maximum Gasteiger partial charge on any atom is 0.416 e. The molecule has 248 valence electrons. The van der Waals surface area contributed by atoms with Crippen LogP contribution in [0.3, 0.4) is 0 Å². The zero-order valence-electron chi connectivity index (χ0n) is 26.2. The summed E-state index contributed by atoms with van der Waals surface area (Å²) in [5, 5.41) is 6.47. The van der Waals surface area contributed by atoms with Crippen LogP contribution in [0.1, 0.15) is 41.4 Å². The lowest BCUT2D eigenvalue weighted by Gasteiger charge is -2.54. The first-order valence-corrected chi connectivity index (χ1v) is 15.5. The van der Waals surface area contributed by atoms with Gasteiger partial charge in [0.15, 0.2) is 11.2 Å². The molecule has 4 aromatic rings. The summed E-state index contributed by atoms with van der Waals surface area (Å²) >= 11 is 6.11. The lowest BCUT2D eigenvalue weighted by atomic mass is 9.81. The molecule has 2 amide bonds. The summed E-state index contributed by atoms with van der Waals surface area (Å²) in [6, 6.07) is 2.45. The number of carbonyl (C=O) groups excluding carboxylic acids is 2.